The molecule has 0 radical (unpaired) electrons. The summed E-state index contributed by atoms with van der Waals surface area (Å²) in [7, 11) is 0. The molecular weight excluding hydrogens is 140 g/mol. The van der Waals surface area contributed by atoms with Gasteiger partial charge in [0.2, 0.25) is 0 Å². The Labute approximate surface area is 56.9 Å². The number of hydrogen-bond donors (Lipinski definition) is 0. The van der Waals surface area contributed by atoms with Gasteiger partial charge in [0.05, 0.1) is 0 Å². The Morgan fingerprint density at radius 1 is 1.10 bits per heavy atom. The number of aldehydes is 2. The maximum Gasteiger partial charge on any atom is 0.509 e. The van der Waals surface area contributed by atoms with Gasteiger partial charge < -0.3 is 9.47 Å². The second kappa shape index (κ2) is 5.74. The molecule has 5 heteroatoms. The predicted octanol–water partition coefficient (Wildman–Crippen LogP) is -0.463. The van der Waals surface area contributed by atoms with Gasteiger partial charge in [0.1, 0.15) is 0 Å². The first-order valence-electron chi connectivity index (χ1n) is 2.48. The largest absolute Gasteiger partial charge is 0.509 e. The van der Waals surface area contributed by atoms with Crippen molar-refractivity contribution in [3.05, 3.63) is 0 Å². The minimum absolute atomic E-state index is 0.350. The van der Waals surface area contributed by atoms with Gasteiger partial charge in [-0.25, -0.2) is 4.79 Å². The summed E-state index contributed by atoms with van der Waals surface area (Å²) < 4.78 is 8.21. The molecule has 0 aliphatic heterocycles. The highest BCUT2D eigenvalue weighted by molar-refractivity contribution is 5.65. The smallest absolute Gasteiger partial charge is 0.427 e. The Morgan fingerprint density at radius 2 is 1.50 bits per heavy atom. The van der Waals surface area contributed by atoms with Gasteiger partial charge in [0.25, 0.3) is 0 Å². The third-order valence-corrected chi connectivity index (χ3v) is 0.538. The van der Waals surface area contributed by atoms with Crippen LogP contribution >= 0.6 is 0 Å². The minimum Gasteiger partial charge on any atom is -0.427 e. The van der Waals surface area contributed by atoms with E-state index >= 15 is 0 Å². The first kappa shape index (κ1) is 8.61. The fourth-order valence-electron chi connectivity index (χ4n) is 0.246. The molecule has 0 aromatic rings. The van der Waals surface area contributed by atoms with Crippen LogP contribution in [-0.4, -0.2) is 31.9 Å². The van der Waals surface area contributed by atoms with Crippen LogP contribution in [0.2, 0.25) is 0 Å². The Morgan fingerprint density at radius 3 is 1.80 bits per heavy atom. The van der Waals surface area contributed by atoms with Crippen molar-refractivity contribution in [1.29, 1.82) is 0 Å². The molecule has 0 atom stereocenters. The lowest BCUT2D eigenvalue weighted by Crippen LogP contribution is -2.10. The van der Waals surface area contributed by atoms with Gasteiger partial charge in [-0.2, -0.15) is 0 Å². The molecule has 10 heavy (non-hydrogen) atoms. The van der Waals surface area contributed by atoms with E-state index in [1.165, 1.54) is 0 Å². The van der Waals surface area contributed by atoms with Crippen LogP contribution in [0.5, 0.6) is 0 Å². The molecule has 0 saturated carbocycles. The minimum atomic E-state index is -1.01. The Kier molecular flexibility index (Phi) is 4.94. The summed E-state index contributed by atoms with van der Waals surface area (Å²) in [5, 5.41) is 0. The highest BCUT2D eigenvalue weighted by Gasteiger charge is 1.99. The van der Waals surface area contributed by atoms with Crippen molar-refractivity contribution in [2.24, 2.45) is 0 Å². The molecule has 0 aliphatic carbocycles. The molecule has 0 rings (SSSR count). The molecule has 0 saturated heterocycles. The van der Waals surface area contributed by atoms with E-state index in [0.29, 0.717) is 12.6 Å². The molecule has 0 aromatic heterocycles. The zero-order chi connectivity index (χ0) is 7.82. The zero-order valence-corrected chi connectivity index (χ0v) is 5.11. The van der Waals surface area contributed by atoms with Gasteiger partial charge >= 0.3 is 6.16 Å². The normalized spacial score (nSPS) is 8.00. The lowest BCUT2D eigenvalue weighted by molar-refractivity contribution is -0.112. The third kappa shape index (κ3) is 4.76. The van der Waals surface area contributed by atoms with Gasteiger partial charge in [0, 0.05) is 0 Å². The van der Waals surface area contributed by atoms with Gasteiger partial charge in [-0.3, -0.25) is 9.59 Å². The van der Waals surface area contributed by atoms with Gasteiger partial charge in [-0.05, 0) is 0 Å². The van der Waals surface area contributed by atoms with E-state index in [2.05, 4.69) is 9.47 Å². The fourth-order valence-corrected chi connectivity index (χ4v) is 0.246. The van der Waals surface area contributed by atoms with Gasteiger partial charge in [-0.1, -0.05) is 0 Å². The van der Waals surface area contributed by atoms with E-state index in [0.717, 1.165) is 0 Å². The van der Waals surface area contributed by atoms with Gasteiger partial charge in [-0.15, -0.1) is 0 Å². The van der Waals surface area contributed by atoms with Gasteiger partial charge in [0.15, 0.2) is 25.8 Å². The molecule has 0 spiro atoms. The van der Waals surface area contributed by atoms with Crippen LogP contribution in [0.3, 0.4) is 0 Å². The van der Waals surface area contributed by atoms with Crippen LogP contribution in [0.1, 0.15) is 0 Å². The van der Waals surface area contributed by atoms with Crippen LogP contribution in [-0.2, 0) is 19.1 Å². The lowest BCUT2D eigenvalue weighted by atomic mass is 10.8. The highest BCUT2D eigenvalue weighted by Crippen LogP contribution is 1.80. The first-order chi connectivity index (χ1) is 4.81. The average Bonchev–Trinajstić information content (AvgIpc) is 1.97. The molecule has 56 valence electrons. The molecule has 0 bridgehead atoms. The standard InChI is InChI=1S/C5H6O5/c6-1-3-9-5(8)10-4-2-7/h1-2H,3-4H2. The van der Waals surface area contributed by atoms with Crippen LogP contribution in [0.25, 0.3) is 0 Å². The summed E-state index contributed by atoms with van der Waals surface area (Å²) >= 11 is 0. The van der Waals surface area contributed by atoms with E-state index in [1.54, 1.807) is 0 Å². The predicted molar refractivity (Wildman–Crippen MR) is 29.4 cm³/mol. The summed E-state index contributed by atoms with van der Waals surface area (Å²) in [5.41, 5.74) is 0. The third-order valence-electron chi connectivity index (χ3n) is 0.538. The average molecular weight is 146 g/mol. The first-order valence-corrected chi connectivity index (χ1v) is 2.48. The summed E-state index contributed by atoms with van der Waals surface area (Å²) in [6.07, 6.45) is -0.205. The highest BCUT2D eigenvalue weighted by atomic mass is 16.7. The van der Waals surface area contributed by atoms with E-state index in [9.17, 15) is 14.4 Å². The second-order valence-corrected chi connectivity index (χ2v) is 1.21. The molecule has 0 N–H and O–H groups in total. The maximum absolute atomic E-state index is 10.2. The number of hydrogen-bond acceptors (Lipinski definition) is 5. The number of rotatable bonds is 4. The molecule has 0 heterocycles. The zero-order valence-electron chi connectivity index (χ0n) is 5.11. The monoisotopic (exact) mass is 146 g/mol. The SMILES string of the molecule is O=CCOC(=O)OCC=O. The molecule has 0 aromatic carbocycles. The summed E-state index contributed by atoms with van der Waals surface area (Å²) in [4.78, 5) is 29.4. The van der Waals surface area contributed by atoms with Crippen LogP contribution < -0.4 is 0 Å². The molecule has 0 fully saturated rings. The van der Waals surface area contributed by atoms with Crippen LogP contribution in [0.4, 0.5) is 4.79 Å². The van der Waals surface area contributed by atoms with Crippen molar-refractivity contribution in [2.45, 2.75) is 0 Å². The van der Waals surface area contributed by atoms with E-state index in [4.69, 9.17) is 0 Å². The fraction of sp³-hybridized carbons (Fsp3) is 0.400. The molecule has 0 aliphatic rings. The molecular formula is C5H6O5. The Balaban J connectivity index is 3.24. The quantitative estimate of drug-likeness (QED) is 0.396. The maximum atomic E-state index is 10.2. The van der Waals surface area contributed by atoms with Crippen molar-refractivity contribution in [3.8, 4) is 0 Å². The Bertz CT molecular complexity index is 116. The van der Waals surface area contributed by atoms with Crippen LogP contribution in [0, 0.1) is 0 Å². The number of carbonyl (C=O) groups excluding carboxylic acids is 3. The van der Waals surface area contributed by atoms with Crippen molar-refractivity contribution >= 4 is 18.7 Å². The number of carbonyl (C=O) groups is 3. The number of ether oxygens (including phenoxy) is 2. The van der Waals surface area contributed by atoms with E-state index < -0.39 is 6.16 Å². The second-order valence-electron chi connectivity index (χ2n) is 1.21. The van der Waals surface area contributed by atoms with E-state index in [-0.39, 0.29) is 13.2 Å². The Hall–Kier alpha value is -1.39. The lowest BCUT2D eigenvalue weighted by Gasteiger charge is -1.97. The molecule has 0 unspecified atom stereocenters. The van der Waals surface area contributed by atoms with Crippen molar-refractivity contribution in [3.63, 3.8) is 0 Å². The summed E-state index contributed by atoms with van der Waals surface area (Å²) in [6, 6.07) is 0. The topological polar surface area (TPSA) is 69.7 Å². The molecule has 5 nitrogen and oxygen atoms in total. The summed E-state index contributed by atoms with van der Waals surface area (Å²) in [5.74, 6) is 0. The molecule has 0 amide bonds. The summed E-state index contributed by atoms with van der Waals surface area (Å²) in [6.45, 7) is -0.699. The van der Waals surface area contributed by atoms with E-state index in [1.807, 2.05) is 0 Å². The van der Waals surface area contributed by atoms with Crippen molar-refractivity contribution in [2.75, 3.05) is 13.2 Å². The van der Waals surface area contributed by atoms with Crippen molar-refractivity contribution < 1.29 is 23.9 Å². The van der Waals surface area contributed by atoms with Crippen LogP contribution in [0.15, 0.2) is 0 Å². The van der Waals surface area contributed by atoms with Crippen molar-refractivity contribution in [1.82, 2.24) is 0 Å².